The van der Waals surface area contributed by atoms with Crippen LogP contribution in [0, 0.1) is 17.2 Å². The van der Waals surface area contributed by atoms with Gasteiger partial charge in [0.15, 0.2) is 6.61 Å². The minimum atomic E-state index is -4.02. The third kappa shape index (κ3) is 4.50. The van der Waals surface area contributed by atoms with Crippen molar-refractivity contribution in [3.63, 3.8) is 0 Å². The first kappa shape index (κ1) is 19.7. The van der Waals surface area contributed by atoms with E-state index in [0.29, 0.717) is 0 Å². The first-order chi connectivity index (χ1) is 12.1. The van der Waals surface area contributed by atoms with E-state index >= 15 is 0 Å². The van der Waals surface area contributed by atoms with Crippen LogP contribution in [-0.2, 0) is 19.6 Å². The second-order valence-corrected chi connectivity index (χ2v) is 7.68. The molecule has 1 fully saturated rings. The number of benzene rings is 1. The zero-order valence-corrected chi connectivity index (χ0v) is 15.1. The van der Waals surface area contributed by atoms with Crippen LogP contribution in [0.3, 0.4) is 0 Å². The Kier molecular flexibility index (Phi) is 5.53. The lowest BCUT2D eigenvalue weighted by atomic mass is 9.98. The van der Waals surface area contributed by atoms with E-state index in [1.807, 2.05) is 0 Å². The summed E-state index contributed by atoms with van der Waals surface area (Å²) >= 11 is 0. The van der Waals surface area contributed by atoms with Gasteiger partial charge in [0.05, 0.1) is 18.1 Å². The third-order valence-corrected chi connectivity index (χ3v) is 4.99. The molecule has 1 aliphatic carbocycles. The molecule has 9 nitrogen and oxygen atoms in total. The molecule has 0 bridgehead atoms. The number of esters is 1. The third-order valence-electron chi connectivity index (χ3n) is 4.08. The number of methoxy groups -OCH3 is 1. The predicted octanol–water partition coefficient (Wildman–Crippen LogP) is 0.308. The van der Waals surface area contributed by atoms with Gasteiger partial charge in [-0.3, -0.25) is 4.79 Å². The van der Waals surface area contributed by atoms with Crippen molar-refractivity contribution in [2.75, 3.05) is 13.7 Å². The first-order valence-electron chi connectivity index (χ1n) is 7.71. The fourth-order valence-electron chi connectivity index (χ4n) is 2.44. The molecule has 26 heavy (non-hydrogen) atoms. The van der Waals surface area contributed by atoms with Crippen molar-refractivity contribution < 1.29 is 27.5 Å². The topological polar surface area (TPSA) is 149 Å². The Morgan fingerprint density at radius 3 is 2.58 bits per heavy atom. The maximum atomic E-state index is 12.2. The van der Waals surface area contributed by atoms with Gasteiger partial charge in [0.1, 0.15) is 16.9 Å². The van der Waals surface area contributed by atoms with Gasteiger partial charge in [0, 0.05) is 0 Å². The molecular formula is C16H19N3O6S. The van der Waals surface area contributed by atoms with Gasteiger partial charge in [-0.2, -0.15) is 5.26 Å². The molecule has 0 spiro atoms. The van der Waals surface area contributed by atoms with Crippen LogP contribution in [0.4, 0.5) is 0 Å². The van der Waals surface area contributed by atoms with E-state index in [4.69, 9.17) is 14.6 Å². The monoisotopic (exact) mass is 381 g/mol. The highest BCUT2D eigenvalue weighted by atomic mass is 32.2. The highest BCUT2D eigenvalue weighted by Gasteiger charge is 2.43. The number of nitriles is 1. The van der Waals surface area contributed by atoms with Crippen LogP contribution < -0.4 is 15.2 Å². The van der Waals surface area contributed by atoms with E-state index in [2.05, 4.69) is 11.4 Å². The summed E-state index contributed by atoms with van der Waals surface area (Å²) in [5.41, 5.74) is -1.19. The Balaban J connectivity index is 2.08. The van der Waals surface area contributed by atoms with Gasteiger partial charge in [0.25, 0.3) is 5.91 Å². The van der Waals surface area contributed by atoms with Gasteiger partial charge in [-0.05, 0) is 43.9 Å². The summed E-state index contributed by atoms with van der Waals surface area (Å²) in [4.78, 5) is 23.9. The predicted molar refractivity (Wildman–Crippen MR) is 89.5 cm³/mol. The molecular weight excluding hydrogens is 362 g/mol. The number of nitrogens with one attached hydrogen (secondary N) is 1. The number of nitrogens with zero attached hydrogens (tertiary/aromatic N) is 1. The Labute approximate surface area is 151 Å². The summed E-state index contributed by atoms with van der Waals surface area (Å²) in [6.45, 7) is 0.995. The second-order valence-electron chi connectivity index (χ2n) is 6.12. The number of hydrogen-bond acceptors (Lipinski definition) is 7. The number of rotatable bonds is 7. The van der Waals surface area contributed by atoms with Crippen molar-refractivity contribution in [2.24, 2.45) is 11.1 Å². The molecule has 0 heterocycles. The zero-order chi connectivity index (χ0) is 19.5. The second kappa shape index (κ2) is 7.31. The first-order valence-corrected chi connectivity index (χ1v) is 9.25. The highest BCUT2D eigenvalue weighted by molar-refractivity contribution is 7.89. The summed E-state index contributed by atoms with van der Waals surface area (Å²) < 4.78 is 32.8. The van der Waals surface area contributed by atoms with Gasteiger partial charge < -0.3 is 14.8 Å². The molecule has 1 unspecified atom stereocenters. The Morgan fingerprint density at radius 2 is 2.08 bits per heavy atom. The van der Waals surface area contributed by atoms with Crippen molar-refractivity contribution in [1.82, 2.24) is 5.32 Å². The molecule has 0 aliphatic heterocycles. The van der Waals surface area contributed by atoms with E-state index in [0.717, 1.165) is 18.9 Å². The van der Waals surface area contributed by atoms with E-state index in [1.54, 1.807) is 6.92 Å². The van der Waals surface area contributed by atoms with E-state index in [-0.39, 0.29) is 22.1 Å². The number of sulfonamides is 1. The van der Waals surface area contributed by atoms with E-state index in [1.165, 1.54) is 19.2 Å². The Bertz CT molecular complexity index is 872. The van der Waals surface area contributed by atoms with Crippen molar-refractivity contribution in [1.29, 1.82) is 5.26 Å². The lowest BCUT2D eigenvalue weighted by Gasteiger charge is -2.22. The molecule has 1 aliphatic rings. The minimum absolute atomic E-state index is 0.0719. The standard InChI is InChI=1S/C16H19N3O6S/c1-16(9-17,10-3-4-10)19-14(20)8-25-15(21)12-7-11(26(18,22)23)5-6-13(12)24-2/h5-7,10H,3-4,8H2,1-2H3,(H,19,20)(H2,18,22,23). The van der Waals surface area contributed by atoms with Crippen LogP contribution in [0.5, 0.6) is 5.75 Å². The summed E-state index contributed by atoms with van der Waals surface area (Å²) in [6, 6.07) is 5.52. The van der Waals surface area contributed by atoms with Gasteiger partial charge in [-0.25, -0.2) is 18.4 Å². The summed E-state index contributed by atoms with van der Waals surface area (Å²) in [6.07, 6.45) is 1.70. The van der Waals surface area contributed by atoms with E-state index < -0.39 is 34.0 Å². The number of nitrogens with two attached hydrogens (primary N) is 1. The Hall–Kier alpha value is -2.64. The maximum absolute atomic E-state index is 12.2. The van der Waals surface area contributed by atoms with Gasteiger partial charge in [-0.1, -0.05) is 0 Å². The number of primary sulfonamides is 1. The zero-order valence-electron chi connectivity index (χ0n) is 14.3. The molecule has 0 aromatic heterocycles. The molecule has 2 rings (SSSR count). The maximum Gasteiger partial charge on any atom is 0.342 e. The van der Waals surface area contributed by atoms with Gasteiger partial charge in [-0.15, -0.1) is 0 Å². The normalized spacial score (nSPS) is 16.1. The lowest BCUT2D eigenvalue weighted by molar-refractivity contribution is -0.125. The highest BCUT2D eigenvalue weighted by Crippen LogP contribution is 2.39. The van der Waals surface area contributed by atoms with Crippen LogP contribution in [-0.4, -0.2) is 39.5 Å². The average molecular weight is 381 g/mol. The number of carbonyl (C=O) groups is 2. The molecule has 0 radical (unpaired) electrons. The van der Waals surface area contributed by atoms with Crippen LogP contribution in [0.25, 0.3) is 0 Å². The molecule has 1 aromatic carbocycles. The number of ether oxygens (including phenoxy) is 2. The van der Waals surface area contributed by atoms with Crippen molar-refractivity contribution in [2.45, 2.75) is 30.2 Å². The number of amides is 1. The number of hydrogen-bond donors (Lipinski definition) is 2. The fraction of sp³-hybridized carbons (Fsp3) is 0.438. The van der Waals surface area contributed by atoms with E-state index in [9.17, 15) is 23.3 Å². The summed E-state index contributed by atoms with van der Waals surface area (Å²) in [7, 11) is -2.73. The largest absolute Gasteiger partial charge is 0.496 e. The molecule has 1 atom stereocenters. The van der Waals surface area contributed by atoms with Gasteiger partial charge in [0.2, 0.25) is 10.0 Å². The minimum Gasteiger partial charge on any atom is -0.496 e. The number of carbonyl (C=O) groups excluding carboxylic acids is 2. The van der Waals surface area contributed by atoms with Crippen molar-refractivity contribution in [3.05, 3.63) is 23.8 Å². The van der Waals surface area contributed by atoms with Crippen molar-refractivity contribution in [3.8, 4) is 11.8 Å². The summed E-state index contributed by atoms with van der Waals surface area (Å²) in [5.74, 6) is -1.43. The molecule has 1 amide bonds. The molecule has 1 saturated carbocycles. The summed E-state index contributed by atoms with van der Waals surface area (Å²) in [5, 5.41) is 16.8. The average Bonchev–Trinajstić information content (AvgIpc) is 3.43. The van der Waals surface area contributed by atoms with Crippen LogP contribution in [0.15, 0.2) is 23.1 Å². The SMILES string of the molecule is COc1ccc(S(N)(=O)=O)cc1C(=O)OCC(=O)NC(C)(C#N)C1CC1. The fourth-order valence-corrected chi connectivity index (χ4v) is 2.98. The van der Waals surface area contributed by atoms with Crippen LogP contribution in [0.2, 0.25) is 0 Å². The molecule has 3 N–H and O–H groups in total. The molecule has 10 heteroatoms. The smallest absolute Gasteiger partial charge is 0.342 e. The van der Waals surface area contributed by atoms with Gasteiger partial charge >= 0.3 is 5.97 Å². The van der Waals surface area contributed by atoms with Crippen LogP contribution in [0.1, 0.15) is 30.1 Å². The lowest BCUT2D eigenvalue weighted by Crippen LogP contribution is -2.48. The molecule has 140 valence electrons. The van der Waals surface area contributed by atoms with Crippen molar-refractivity contribution >= 4 is 21.9 Å². The Morgan fingerprint density at radius 1 is 1.42 bits per heavy atom. The molecule has 1 aromatic rings. The quantitative estimate of drug-likeness (QED) is 0.645. The molecule has 0 saturated heterocycles. The van der Waals surface area contributed by atoms with Crippen LogP contribution >= 0.6 is 0 Å².